The van der Waals surface area contributed by atoms with Crippen LogP contribution < -0.4 is 27.1 Å². The number of nitrogens with two attached hydrogens (primary N) is 1. The van der Waals surface area contributed by atoms with Gasteiger partial charge in [-0.3, -0.25) is 19.8 Å². The molecule has 0 aromatic carbocycles. The number of anilines is 1. The van der Waals surface area contributed by atoms with Crippen molar-refractivity contribution >= 4 is 29.3 Å². The Bertz CT molecular complexity index is 809. The van der Waals surface area contributed by atoms with E-state index in [4.69, 9.17) is 10.5 Å². The van der Waals surface area contributed by atoms with Gasteiger partial charge in [0.25, 0.3) is 5.91 Å². The average Bonchev–Trinajstić information content (AvgIpc) is 2.81. The highest BCUT2D eigenvalue weighted by molar-refractivity contribution is 5.94. The minimum atomic E-state index is -0.710. The Morgan fingerprint density at radius 1 is 1.09 bits per heavy atom. The molecule has 1 rings (SSSR count). The van der Waals surface area contributed by atoms with Crippen molar-refractivity contribution in [1.82, 2.24) is 20.9 Å². The number of rotatable bonds is 18. The minimum absolute atomic E-state index is 0.175. The molecule has 0 aliphatic rings. The van der Waals surface area contributed by atoms with E-state index in [-0.39, 0.29) is 24.8 Å². The van der Waals surface area contributed by atoms with Gasteiger partial charge in [0.2, 0.25) is 11.8 Å². The van der Waals surface area contributed by atoms with E-state index in [1.54, 1.807) is 12.1 Å². The number of carbonyl (C=O) groups is 3. The van der Waals surface area contributed by atoms with E-state index >= 15 is 0 Å². The molecule has 0 fully saturated rings. The molecular weight excluding hydrogens is 450 g/mol. The second kappa shape index (κ2) is 17.4. The number of primary amides is 1. The van der Waals surface area contributed by atoms with Gasteiger partial charge in [-0.05, 0) is 38.8 Å². The molecular formula is C24H41N7O4. The first-order chi connectivity index (χ1) is 16.7. The van der Waals surface area contributed by atoms with Crippen LogP contribution in [0.1, 0.15) is 70.2 Å². The van der Waals surface area contributed by atoms with Crippen molar-refractivity contribution in [3.8, 4) is 0 Å². The molecule has 0 saturated heterocycles. The number of pyridine rings is 1. The number of nitrogens with one attached hydrogen (secondary N) is 4. The second-order valence-electron chi connectivity index (χ2n) is 8.70. The molecule has 1 aromatic heterocycles. The maximum Gasteiger partial charge on any atom is 0.252 e. The lowest BCUT2D eigenvalue weighted by Crippen LogP contribution is -2.44. The van der Waals surface area contributed by atoms with E-state index in [1.165, 1.54) is 6.20 Å². The lowest BCUT2D eigenvalue weighted by atomic mass is 10.1. The van der Waals surface area contributed by atoms with Crippen LogP contribution in [0.25, 0.3) is 0 Å². The van der Waals surface area contributed by atoms with Crippen LogP contribution in [0.2, 0.25) is 0 Å². The van der Waals surface area contributed by atoms with Gasteiger partial charge in [-0.15, -0.1) is 0 Å². The van der Waals surface area contributed by atoms with E-state index in [1.807, 2.05) is 13.8 Å². The summed E-state index contributed by atoms with van der Waals surface area (Å²) in [5.41, 5.74) is 9.56. The zero-order valence-electron chi connectivity index (χ0n) is 21.4. The molecule has 1 heterocycles. The fourth-order valence-electron chi connectivity index (χ4n) is 2.96. The predicted octanol–water partition coefficient (Wildman–Crippen LogP) is 1.55. The van der Waals surface area contributed by atoms with Gasteiger partial charge in [0.05, 0.1) is 18.8 Å². The molecule has 11 nitrogen and oxygen atoms in total. The van der Waals surface area contributed by atoms with Gasteiger partial charge >= 0.3 is 0 Å². The smallest absolute Gasteiger partial charge is 0.252 e. The van der Waals surface area contributed by atoms with Crippen LogP contribution in [-0.2, 0) is 14.3 Å². The van der Waals surface area contributed by atoms with Crippen LogP contribution in [0.15, 0.2) is 23.4 Å². The molecule has 196 valence electrons. The van der Waals surface area contributed by atoms with Crippen molar-refractivity contribution in [2.45, 2.75) is 71.9 Å². The third-order valence-corrected chi connectivity index (χ3v) is 4.83. The first kappa shape index (κ1) is 30.0. The number of ether oxygens (including phenoxy) is 1. The number of nitrogens with zero attached hydrogens (tertiary/aromatic N) is 2. The van der Waals surface area contributed by atoms with Crippen molar-refractivity contribution in [1.29, 1.82) is 0 Å². The van der Waals surface area contributed by atoms with Gasteiger partial charge in [0, 0.05) is 37.5 Å². The number of hydrazone groups is 1. The first-order valence-electron chi connectivity index (χ1n) is 12.1. The summed E-state index contributed by atoms with van der Waals surface area (Å²) in [7, 11) is 0. The van der Waals surface area contributed by atoms with Gasteiger partial charge in [0.1, 0.15) is 11.9 Å². The van der Waals surface area contributed by atoms with Gasteiger partial charge in [-0.1, -0.05) is 26.7 Å². The zero-order valence-corrected chi connectivity index (χ0v) is 21.4. The molecule has 0 saturated carbocycles. The van der Waals surface area contributed by atoms with Gasteiger partial charge in [-0.2, -0.15) is 5.10 Å². The highest BCUT2D eigenvalue weighted by Crippen LogP contribution is 2.07. The van der Waals surface area contributed by atoms with Crippen molar-refractivity contribution in [3.63, 3.8) is 0 Å². The van der Waals surface area contributed by atoms with E-state index in [0.717, 1.165) is 25.1 Å². The Morgan fingerprint density at radius 2 is 1.86 bits per heavy atom. The second-order valence-corrected chi connectivity index (χ2v) is 8.70. The lowest BCUT2D eigenvalue weighted by molar-refractivity contribution is -0.128. The molecule has 35 heavy (non-hydrogen) atoms. The highest BCUT2D eigenvalue weighted by atomic mass is 16.5. The fraction of sp³-hybridized carbons (Fsp3) is 0.625. The van der Waals surface area contributed by atoms with Crippen LogP contribution in [0, 0.1) is 0 Å². The number of hydrogen-bond acceptors (Lipinski definition) is 8. The first-order valence-corrected chi connectivity index (χ1v) is 12.1. The molecule has 1 atom stereocenters. The largest absolute Gasteiger partial charge is 0.380 e. The zero-order chi connectivity index (χ0) is 26.1. The maximum atomic E-state index is 12.2. The third-order valence-electron chi connectivity index (χ3n) is 4.83. The molecule has 3 amide bonds. The van der Waals surface area contributed by atoms with E-state index in [9.17, 15) is 14.4 Å². The SMILES string of the molecule is CC(C)=NNc1ccc(C(=O)NCCCCC[C@H](NC(=O)CCOCCNC(C)C)C(N)=O)cn1. The quantitative estimate of drug-likeness (QED) is 0.118. The number of amides is 3. The Labute approximate surface area is 208 Å². The number of aromatic nitrogens is 1. The molecule has 0 aliphatic carbocycles. The summed E-state index contributed by atoms with van der Waals surface area (Å²) in [6.45, 7) is 9.86. The standard InChI is InChI=1S/C24H41N7O4/c1-17(2)26-13-15-35-14-11-22(32)29-20(23(25)33)8-6-5-7-12-27-24(34)19-9-10-21(28-16-19)31-30-18(3)4/h9-10,16-17,20,26H,5-8,11-15H2,1-4H3,(H2,25,33)(H,27,34)(H,28,31)(H,29,32)/t20-/m0/s1. The monoisotopic (exact) mass is 491 g/mol. The van der Waals surface area contributed by atoms with Crippen LogP contribution in [0.3, 0.4) is 0 Å². The van der Waals surface area contributed by atoms with Crippen molar-refractivity contribution in [3.05, 3.63) is 23.9 Å². The van der Waals surface area contributed by atoms with E-state index in [2.05, 4.69) is 45.3 Å². The summed E-state index contributed by atoms with van der Waals surface area (Å²) in [6, 6.07) is 3.05. The summed E-state index contributed by atoms with van der Waals surface area (Å²) < 4.78 is 5.41. The Morgan fingerprint density at radius 3 is 2.49 bits per heavy atom. The van der Waals surface area contributed by atoms with Crippen molar-refractivity contribution in [2.75, 3.05) is 31.7 Å². The Hall–Kier alpha value is -3.05. The Balaban J connectivity index is 2.21. The van der Waals surface area contributed by atoms with Crippen LogP contribution in [0.5, 0.6) is 0 Å². The molecule has 0 bridgehead atoms. The molecule has 0 spiro atoms. The molecule has 11 heteroatoms. The predicted molar refractivity (Wildman–Crippen MR) is 137 cm³/mol. The molecule has 0 unspecified atom stereocenters. The molecule has 0 aliphatic heterocycles. The summed E-state index contributed by atoms with van der Waals surface area (Å²) in [5, 5.41) is 12.8. The normalized spacial score (nSPS) is 11.6. The molecule has 1 aromatic rings. The topological polar surface area (TPSA) is 160 Å². The van der Waals surface area contributed by atoms with Gasteiger partial charge < -0.3 is 26.4 Å². The third kappa shape index (κ3) is 14.7. The van der Waals surface area contributed by atoms with Crippen molar-refractivity contribution < 1.29 is 19.1 Å². The van der Waals surface area contributed by atoms with Crippen LogP contribution >= 0.6 is 0 Å². The number of carbonyl (C=O) groups excluding carboxylic acids is 3. The number of unbranched alkanes of at least 4 members (excludes halogenated alkanes) is 2. The lowest BCUT2D eigenvalue weighted by Gasteiger charge is -2.15. The summed E-state index contributed by atoms with van der Waals surface area (Å²) in [4.78, 5) is 40.1. The molecule has 6 N–H and O–H groups in total. The molecule has 0 radical (unpaired) electrons. The van der Waals surface area contributed by atoms with E-state index < -0.39 is 11.9 Å². The van der Waals surface area contributed by atoms with Gasteiger partial charge in [0.15, 0.2) is 0 Å². The highest BCUT2D eigenvalue weighted by Gasteiger charge is 2.17. The van der Waals surface area contributed by atoms with Gasteiger partial charge in [-0.25, -0.2) is 4.98 Å². The maximum absolute atomic E-state index is 12.2. The van der Waals surface area contributed by atoms with E-state index in [0.29, 0.717) is 43.4 Å². The Kier molecular flexibility index (Phi) is 14.9. The summed E-state index contributed by atoms with van der Waals surface area (Å²) in [6.07, 6.45) is 4.33. The fourth-order valence-corrected chi connectivity index (χ4v) is 2.96. The van der Waals surface area contributed by atoms with Crippen LogP contribution in [0.4, 0.5) is 5.82 Å². The summed E-state index contributed by atoms with van der Waals surface area (Å²) in [5.74, 6) is -0.461. The number of hydrogen-bond donors (Lipinski definition) is 5. The van der Waals surface area contributed by atoms with Crippen LogP contribution in [-0.4, -0.2) is 66.8 Å². The summed E-state index contributed by atoms with van der Waals surface area (Å²) >= 11 is 0. The minimum Gasteiger partial charge on any atom is -0.380 e. The average molecular weight is 492 g/mol. The van der Waals surface area contributed by atoms with Crippen molar-refractivity contribution in [2.24, 2.45) is 10.8 Å².